The minimum Gasteiger partial charge on any atom is -0.463 e. The normalized spacial score (nSPS) is 11.5. The van der Waals surface area contributed by atoms with E-state index in [0.29, 0.717) is 29.3 Å². The number of hydrogen-bond donors (Lipinski definition) is 2. The zero-order valence-corrected chi connectivity index (χ0v) is 13.9. The number of rotatable bonds is 7. The third-order valence-electron chi connectivity index (χ3n) is 3.85. The third kappa shape index (κ3) is 4.66. The van der Waals surface area contributed by atoms with Crippen LogP contribution in [0.5, 0.6) is 0 Å². The highest BCUT2D eigenvalue weighted by Gasteiger charge is 2.16. The fourth-order valence-electron chi connectivity index (χ4n) is 2.31. The van der Waals surface area contributed by atoms with Crippen LogP contribution in [0, 0.1) is 12.3 Å². The number of amides is 1. The van der Waals surface area contributed by atoms with E-state index in [1.807, 2.05) is 26.8 Å². The van der Waals surface area contributed by atoms with Crippen LogP contribution in [0.4, 0.5) is 0 Å². The van der Waals surface area contributed by atoms with Crippen LogP contribution >= 0.6 is 0 Å². The summed E-state index contributed by atoms with van der Waals surface area (Å²) in [7, 11) is 0. The standard InChI is InChI=1S/C18H24N2O3/c1-13-14(7-8-15(20-13)16-6-4-11-23-16)17(22)19-10-5-9-18(2,3)12-21/h4,6-8,11,21H,5,9-10,12H2,1-3H3,(H,19,22). The van der Waals surface area contributed by atoms with Gasteiger partial charge in [0.1, 0.15) is 5.69 Å². The smallest absolute Gasteiger partial charge is 0.253 e. The lowest BCUT2D eigenvalue weighted by molar-refractivity contribution is 0.0947. The van der Waals surface area contributed by atoms with Gasteiger partial charge in [0.15, 0.2) is 5.76 Å². The fourth-order valence-corrected chi connectivity index (χ4v) is 2.31. The molecular weight excluding hydrogens is 292 g/mol. The molecule has 2 rings (SSSR count). The van der Waals surface area contributed by atoms with Crippen LogP contribution in [-0.4, -0.2) is 29.1 Å². The Morgan fingerprint density at radius 2 is 2.13 bits per heavy atom. The molecule has 124 valence electrons. The van der Waals surface area contributed by atoms with Crippen LogP contribution < -0.4 is 5.32 Å². The van der Waals surface area contributed by atoms with Crippen molar-refractivity contribution in [1.82, 2.24) is 10.3 Å². The first-order valence-corrected chi connectivity index (χ1v) is 7.83. The second-order valence-corrected chi connectivity index (χ2v) is 6.49. The minimum absolute atomic E-state index is 0.104. The SMILES string of the molecule is Cc1nc(-c2ccco2)ccc1C(=O)NCCCC(C)(C)CO. The summed E-state index contributed by atoms with van der Waals surface area (Å²) >= 11 is 0. The molecule has 2 N–H and O–H groups in total. The maximum absolute atomic E-state index is 12.2. The fraction of sp³-hybridized carbons (Fsp3) is 0.444. The monoisotopic (exact) mass is 316 g/mol. The molecule has 2 aromatic heterocycles. The Balaban J connectivity index is 1.92. The number of pyridine rings is 1. The van der Waals surface area contributed by atoms with Gasteiger partial charge < -0.3 is 14.8 Å². The van der Waals surface area contributed by atoms with E-state index < -0.39 is 0 Å². The maximum Gasteiger partial charge on any atom is 0.253 e. The first-order valence-electron chi connectivity index (χ1n) is 7.83. The largest absolute Gasteiger partial charge is 0.463 e. The lowest BCUT2D eigenvalue weighted by atomic mass is 9.89. The van der Waals surface area contributed by atoms with Gasteiger partial charge in [0.25, 0.3) is 5.91 Å². The number of nitrogens with one attached hydrogen (secondary N) is 1. The van der Waals surface area contributed by atoms with E-state index in [1.165, 1.54) is 0 Å². The van der Waals surface area contributed by atoms with Crippen molar-refractivity contribution in [2.75, 3.05) is 13.2 Å². The summed E-state index contributed by atoms with van der Waals surface area (Å²) < 4.78 is 5.31. The second-order valence-electron chi connectivity index (χ2n) is 6.49. The molecule has 0 atom stereocenters. The van der Waals surface area contributed by atoms with Gasteiger partial charge in [-0.25, -0.2) is 4.98 Å². The van der Waals surface area contributed by atoms with Crippen LogP contribution in [0.3, 0.4) is 0 Å². The molecule has 1 amide bonds. The first kappa shape index (κ1) is 17.2. The van der Waals surface area contributed by atoms with Crippen LogP contribution in [0.15, 0.2) is 34.9 Å². The summed E-state index contributed by atoms with van der Waals surface area (Å²) in [4.78, 5) is 16.7. The molecule has 0 unspecified atom stereocenters. The van der Waals surface area contributed by atoms with Gasteiger partial charge in [0, 0.05) is 13.2 Å². The van der Waals surface area contributed by atoms with Gasteiger partial charge in [-0.1, -0.05) is 13.8 Å². The Hall–Kier alpha value is -2.14. The van der Waals surface area contributed by atoms with Crippen molar-refractivity contribution in [2.45, 2.75) is 33.6 Å². The highest BCUT2D eigenvalue weighted by Crippen LogP contribution is 2.21. The quantitative estimate of drug-likeness (QED) is 0.769. The molecule has 23 heavy (non-hydrogen) atoms. The highest BCUT2D eigenvalue weighted by molar-refractivity contribution is 5.95. The predicted molar refractivity (Wildman–Crippen MR) is 89.1 cm³/mol. The zero-order chi connectivity index (χ0) is 16.9. The summed E-state index contributed by atoms with van der Waals surface area (Å²) in [5.41, 5.74) is 1.86. The summed E-state index contributed by atoms with van der Waals surface area (Å²) in [6, 6.07) is 7.20. The second kappa shape index (κ2) is 7.42. The number of aromatic nitrogens is 1. The molecule has 2 aromatic rings. The average molecular weight is 316 g/mol. The summed E-state index contributed by atoms with van der Waals surface area (Å²) in [6.07, 6.45) is 3.29. The van der Waals surface area contributed by atoms with Crippen molar-refractivity contribution in [3.8, 4) is 11.5 Å². The Kier molecular flexibility index (Phi) is 5.55. The van der Waals surface area contributed by atoms with E-state index in [-0.39, 0.29) is 17.9 Å². The minimum atomic E-state index is -0.122. The molecule has 5 heteroatoms. The van der Waals surface area contributed by atoms with Crippen LogP contribution in [-0.2, 0) is 0 Å². The number of nitrogens with zero attached hydrogens (tertiary/aromatic N) is 1. The Labute approximate surface area is 136 Å². The van der Waals surface area contributed by atoms with Crippen LogP contribution in [0.25, 0.3) is 11.5 Å². The van der Waals surface area contributed by atoms with Gasteiger partial charge in [0.2, 0.25) is 0 Å². The van der Waals surface area contributed by atoms with E-state index >= 15 is 0 Å². The molecule has 0 aliphatic carbocycles. The van der Waals surface area contributed by atoms with Crippen molar-refractivity contribution in [3.05, 3.63) is 41.8 Å². The molecule has 0 fully saturated rings. The molecule has 0 spiro atoms. The molecular formula is C18H24N2O3. The van der Waals surface area contributed by atoms with E-state index in [1.54, 1.807) is 24.5 Å². The average Bonchev–Trinajstić information content (AvgIpc) is 3.05. The Morgan fingerprint density at radius 1 is 1.35 bits per heavy atom. The summed E-state index contributed by atoms with van der Waals surface area (Å²) in [5.74, 6) is 0.564. The highest BCUT2D eigenvalue weighted by atomic mass is 16.3. The van der Waals surface area contributed by atoms with Crippen LogP contribution in [0.1, 0.15) is 42.7 Å². The molecule has 0 saturated heterocycles. The molecule has 0 aliphatic heterocycles. The van der Waals surface area contributed by atoms with Gasteiger partial charge in [-0.3, -0.25) is 4.79 Å². The molecule has 5 nitrogen and oxygen atoms in total. The number of aliphatic hydroxyl groups excluding tert-OH is 1. The lowest BCUT2D eigenvalue weighted by Gasteiger charge is -2.21. The van der Waals surface area contributed by atoms with Crippen molar-refractivity contribution in [1.29, 1.82) is 0 Å². The van der Waals surface area contributed by atoms with Crippen molar-refractivity contribution in [3.63, 3.8) is 0 Å². The predicted octanol–water partition coefficient (Wildman–Crippen LogP) is 3.18. The Morgan fingerprint density at radius 3 is 2.74 bits per heavy atom. The van der Waals surface area contributed by atoms with E-state index in [4.69, 9.17) is 4.42 Å². The molecule has 0 aromatic carbocycles. The van der Waals surface area contributed by atoms with Gasteiger partial charge in [-0.15, -0.1) is 0 Å². The summed E-state index contributed by atoms with van der Waals surface area (Å²) in [6.45, 7) is 6.57. The van der Waals surface area contributed by atoms with Crippen LogP contribution in [0.2, 0.25) is 0 Å². The zero-order valence-electron chi connectivity index (χ0n) is 13.9. The van der Waals surface area contributed by atoms with Gasteiger partial charge in [-0.05, 0) is 49.4 Å². The number of carbonyl (C=O) groups is 1. The van der Waals surface area contributed by atoms with Gasteiger partial charge >= 0.3 is 0 Å². The number of carbonyl (C=O) groups excluding carboxylic acids is 1. The van der Waals surface area contributed by atoms with Crippen molar-refractivity contribution in [2.24, 2.45) is 5.41 Å². The van der Waals surface area contributed by atoms with Crippen molar-refractivity contribution >= 4 is 5.91 Å². The van der Waals surface area contributed by atoms with E-state index in [2.05, 4.69) is 10.3 Å². The molecule has 0 saturated carbocycles. The number of furan rings is 1. The maximum atomic E-state index is 12.2. The van der Waals surface area contributed by atoms with Gasteiger partial charge in [0.05, 0.1) is 17.5 Å². The number of hydrogen-bond acceptors (Lipinski definition) is 4. The van der Waals surface area contributed by atoms with E-state index in [9.17, 15) is 9.90 Å². The molecule has 2 heterocycles. The topological polar surface area (TPSA) is 75.4 Å². The molecule has 0 bridgehead atoms. The lowest BCUT2D eigenvalue weighted by Crippen LogP contribution is -2.27. The molecule has 0 aliphatic rings. The first-order chi connectivity index (χ1) is 10.9. The Bertz CT molecular complexity index is 648. The van der Waals surface area contributed by atoms with E-state index in [0.717, 1.165) is 12.8 Å². The summed E-state index contributed by atoms with van der Waals surface area (Å²) in [5, 5.41) is 12.1. The third-order valence-corrected chi connectivity index (χ3v) is 3.85. The van der Waals surface area contributed by atoms with Crippen molar-refractivity contribution < 1.29 is 14.3 Å². The van der Waals surface area contributed by atoms with Gasteiger partial charge in [-0.2, -0.15) is 0 Å². The number of aryl methyl sites for hydroxylation is 1. The molecule has 0 radical (unpaired) electrons. The number of aliphatic hydroxyl groups is 1.